The molecule has 4 nitrogen and oxygen atoms in total. The summed E-state index contributed by atoms with van der Waals surface area (Å²) in [7, 11) is -0.642. The molecule has 0 amide bonds. The zero-order chi connectivity index (χ0) is 13.1. The maximum Gasteiger partial charge on any atom is 0.151 e. The van der Waals surface area contributed by atoms with Crippen molar-refractivity contribution in [3.63, 3.8) is 0 Å². The Hall–Kier alpha value is -0.130. The molecule has 1 N–H and O–H groups in total. The highest BCUT2D eigenvalue weighted by Crippen LogP contribution is 2.14. The van der Waals surface area contributed by atoms with Crippen molar-refractivity contribution >= 4 is 9.84 Å². The zero-order valence-electron chi connectivity index (χ0n) is 11.5. The molecule has 5 heteroatoms. The molecule has 1 fully saturated rings. The molecule has 0 aliphatic carbocycles. The summed E-state index contributed by atoms with van der Waals surface area (Å²) in [5.74, 6) is 0.665. The monoisotopic (exact) mass is 262 g/mol. The van der Waals surface area contributed by atoms with Crippen LogP contribution in [0.4, 0.5) is 0 Å². The molecule has 1 aliphatic heterocycles. The van der Waals surface area contributed by atoms with Gasteiger partial charge in [-0.3, -0.25) is 0 Å². The maximum absolute atomic E-state index is 11.3. The van der Waals surface area contributed by atoms with Gasteiger partial charge in [-0.05, 0) is 18.9 Å². The lowest BCUT2D eigenvalue weighted by Gasteiger charge is -2.26. The van der Waals surface area contributed by atoms with E-state index >= 15 is 0 Å². The summed E-state index contributed by atoms with van der Waals surface area (Å²) >= 11 is 0. The van der Waals surface area contributed by atoms with Crippen LogP contribution in [0.1, 0.15) is 27.2 Å². The summed E-state index contributed by atoms with van der Waals surface area (Å²) in [6.45, 7) is 9.56. The molecule has 1 heterocycles. The molecule has 0 aromatic heterocycles. The molecule has 0 aromatic carbocycles. The Morgan fingerprint density at radius 3 is 2.47 bits per heavy atom. The third-order valence-electron chi connectivity index (χ3n) is 2.90. The van der Waals surface area contributed by atoms with Crippen LogP contribution < -0.4 is 5.32 Å². The molecule has 1 aliphatic rings. The first-order chi connectivity index (χ1) is 7.68. The smallest absolute Gasteiger partial charge is 0.151 e. The summed E-state index contributed by atoms with van der Waals surface area (Å²) in [4.78, 5) is 2.29. The van der Waals surface area contributed by atoms with Crippen LogP contribution in [-0.2, 0) is 9.84 Å². The summed E-state index contributed by atoms with van der Waals surface area (Å²) in [5, 5.41) is 3.33. The van der Waals surface area contributed by atoms with Gasteiger partial charge in [-0.1, -0.05) is 20.8 Å². The lowest BCUT2D eigenvalue weighted by Crippen LogP contribution is -2.38. The van der Waals surface area contributed by atoms with Gasteiger partial charge in [0, 0.05) is 25.7 Å². The third-order valence-corrected chi connectivity index (χ3v) is 4.67. The minimum Gasteiger partial charge on any atom is -0.312 e. The van der Waals surface area contributed by atoms with Gasteiger partial charge in [0.25, 0.3) is 0 Å². The second kappa shape index (κ2) is 5.67. The molecule has 1 rings (SSSR count). The SMILES string of the molecule is CN(CCNC1CCS(=O)(=O)C1)CC(C)(C)C. The van der Waals surface area contributed by atoms with Crippen molar-refractivity contribution < 1.29 is 8.42 Å². The Morgan fingerprint density at radius 2 is 2.00 bits per heavy atom. The first-order valence-corrected chi connectivity index (χ1v) is 8.12. The van der Waals surface area contributed by atoms with Gasteiger partial charge in [0.1, 0.15) is 0 Å². The summed E-state index contributed by atoms with van der Waals surface area (Å²) in [6.07, 6.45) is 0.769. The number of likely N-dealkylation sites (N-methyl/N-ethyl adjacent to an activating group) is 1. The largest absolute Gasteiger partial charge is 0.312 e. The molecular weight excluding hydrogens is 236 g/mol. The number of hydrogen-bond acceptors (Lipinski definition) is 4. The van der Waals surface area contributed by atoms with Gasteiger partial charge in [0.15, 0.2) is 9.84 Å². The molecule has 1 unspecified atom stereocenters. The first kappa shape index (κ1) is 14.9. The van der Waals surface area contributed by atoms with Crippen molar-refractivity contribution in [2.24, 2.45) is 5.41 Å². The normalized spacial score (nSPS) is 24.4. The number of hydrogen-bond donors (Lipinski definition) is 1. The molecule has 1 atom stereocenters. The van der Waals surface area contributed by atoms with Gasteiger partial charge < -0.3 is 10.2 Å². The molecule has 0 spiro atoms. The van der Waals surface area contributed by atoms with E-state index in [2.05, 4.69) is 38.0 Å². The molecular formula is C12H26N2O2S. The lowest BCUT2D eigenvalue weighted by molar-refractivity contribution is 0.225. The van der Waals surface area contributed by atoms with Crippen LogP contribution in [0.2, 0.25) is 0 Å². The van der Waals surface area contributed by atoms with Crippen LogP contribution in [0, 0.1) is 5.41 Å². The van der Waals surface area contributed by atoms with Crippen molar-refractivity contribution in [2.45, 2.75) is 33.2 Å². The predicted molar refractivity (Wildman–Crippen MR) is 72.0 cm³/mol. The molecule has 0 bridgehead atoms. The van der Waals surface area contributed by atoms with Crippen LogP contribution in [0.3, 0.4) is 0 Å². The number of nitrogens with one attached hydrogen (secondary N) is 1. The summed E-state index contributed by atoms with van der Waals surface area (Å²) < 4.78 is 22.6. The second-order valence-electron chi connectivity index (χ2n) is 6.35. The van der Waals surface area contributed by atoms with Crippen LogP contribution >= 0.6 is 0 Å². The molecule has 0 radical (unpaired) electrons. The van der Waals surface area contributed by atoms with E-state index in [1.165, 1.54) is 0 Å². The summed E-state index contributed by atoms with van der Waals surface area (Å²) in [5.41, 5.74) is 0.311. The highest BCUT2D eigenvalue weighted by molar-refractivity contribution is 7.91. The van der Waals surface area contributed by atoms with Gasteiger partial charge >= 0.3 is 0 Å². The maximum atomic E-state index is 11.3. The van der Waals surface area contributed by atoms with Crippen molar-refractivity contribution in [2.75, 3.05) is 38.2 Å². The van der Waals surface area contributed by atoms with Crippen LogP contribution in [0.25, 0.3) is 0 Å². The van der Waals surface area contributed by atoms with Gasteiger partial charge in [-0.2, -0.15) is 0 Å². The van der Waals surface area contributed by atoms with Gasteiger partial charge in [0.2, 0.25) is 0 Å². The van der Waals surface area contributed by atoms with E-state index in [4.69, 9.17) is 0 Å². The van der Waals surface area contributed by atoms with E-state index < -0.39 is 9.84 Å². The van der Waals surface area contributed by atoms with Crippen molar-refractivity contribution in [1.29, 1.82) is 0 Å². The van der Waals surface area contributed by atoms with Gasteiger partial charge in [-0.25, -0.2) is 8.42 Å². The van der Waals surface area contributed by atoms with Crippen LogP contribution in [0.5, 0.6) is 0 Å². The van der Waals surface area contributed by atoms with Crippen molar-refractivity contribution in [3.05, 3.63) is 0 Å². The van der Waals surface area contributed by atoms with E-state index in [1.54, 1.807) is 0 Å². The average molecular weight is 262 g/mol. The molecule has 17 heavy (non-hydrogen) atoms. The minimum absolute atomic E-state index is 0.169. The zero-order valence-corrected chi connectivity index (χ0v) is 12.3. The molecule has 0 aromatic rings. The summed E-state index contributed by atoms with van der Waals surface area (Å²) in [6, 6.07) is 0.169. The van der Waals surface area contributed by atoms with E-state index in [0.29, 0.717) is 16.9 Å². The van der Waals surface area contributed by atoms with Crippen LogP contribution in [0.15, 0.2) is 0 Å². The fourth-order valence-electron chi connectivity index (χ4n) is 2.30. The fraction of sp³-hybridized carbons (Fsp3) is 1.00. The van der Waals surface area contributed by atoms with Crippen molar-refractivity contribution in [1.82, 2.24) is 10.2 Å². The first-order valence-electron chi connectivity index (χ1n) is 6.30. The predicted octanol–water partition coefficient (Wildman–Crippen LogP) is 0.741. The number of rotatable bonds is 5. The highest BCUT2D eigenvalue weighted by atomic mass is 32.2. The Kier molecular flexibility index (Phi) is 4.98. The number of nitrogens with zero attached hydrogens (tertiary/aromatic N) is 1. The average Bonchev–Trinajstić information content (AvgIpc) is 2.42. The highest BCUT2D eigenvalue weighted by Gasteiger charge is 2.27. The van der Waals surface area contributed by atoms with E-state index in [9.17, 15) is 8.42 Å². The molecule has 0 saturated carbocycles. The Bertz CT molecular complexity index is 333. The van der Waals surface area contributed by atoms with E-state index in [0.717, 1.165) is 26.1 Å². The van der Waals surface area contributed by atoms with Crippen molar-refractivity contribution in [3.8, 4) is 0 Å². The Labute approximate surface area is 106 Å². The standard InChI is InChI=1S/C12H26N2O2S/c1-12(2,3)10-14(4)7-6-13-11-5-8-17(15,16)9-11/h11,13H,5-10H2,1-4H3. The van der Waals surface area contributed by atoms with Crippen LogP contribution in [-0.4, -0.2) is 57.5 Å². The Morgan fingerprint density at radius 1 is 1.35 bits per heavy atom. The van der Waals surface area contributed by atoms with Gasteiger partial charge in [0.05, 0.1) is 11.5 Å². The van der Waals surface area contributed by atoms with E-state index in [1.807, 2.05) is 0 Å². The lowest BCUT2D eigenvalue weighted by atomic mass is 9.96. The number of sulfone groups is 1. The Balaban J connectivity index is 2.16. The topological polar surface area (TPSA) is 49.4 Å². The quantitative estimate of drug-likeness (QED) is 0.794. The second-order valence-corrected chi connectivity index (χ2v) is 8.58. The fourth-order valence-corrected chi connectivity index (χ4v) is 4.01. The minimum atomic E-state index is -2.75. The molecule has 102 valence electrons. The van der Waals surface area contributed by atoms with Gasteiger partial charge in [-0.15, -0.1) is 0 Å². The third kappa shape index (κ3) is 6.38. The van der Waals surface area contributed by atoms with E-state index in [-0.39, 0.29) is 6.04 Å². The molecule has 1 saturated heterocycles.